The van der Waals surface area contributed by atoms with E-state index in [0.29, 0.717) is 11.9 Å². The molecule has 0 aliphatic carbocycles. The van der Waals surface area contributed by atoms with Crippen LogP contribution in [0.15, 0.2) is 0 Å². The summed E-state index contributed by atoms with van der Waals surface area (Å²) in [6.45, 7) is 3.94. The summed E-state index contributed by atoms with van der Waals surface area (Å²) in [5.74, 6) is 0.372. The van der Waals surface area contributed by atoms with Gasteiger partial charge in [-0.25, -0.2) is 0 Å². The highest BCUT2D eigenvalue weighted by Crippen LogP contribution is 2.21. The Morgan fingerprint density at radius 3 is 2.65 bits per heavy atom. The number of nitrogens with two attached hydrogens (primary N) is 1. The van der Waals surface area contributed by atoms with Crippen molar-refractivity contribution < 1.29 is 4.79 Å². The molecule has 17 heavy (non-hydrogen) atoms. The molecule has 0 bridgehead atoms. The average molecular weight is 263 g/mol. The summed E-state index contributed by atoms with van der Waals surface area (Å²) in [6, 6.07) is 0.525. The van der Waals surface area contributed by atoms with Crippen molar-refractivity contribution in [3.05, 3.63) is 0 Å². The quantitative estimate of drug-likeness (QED) is 0.717. The molecule has 1 rings (SSSR count). The number of likely N-dealkylation sites (tertiary alicyclic amines) is 1. The predicted octanol–water partition coefficient (Wildman–Crippen LogP) is 2.72. The number of carbonyl (C=O) groups excluding carboxylic acids is 1. The maximum absolute atomic E-state index is 11.9. The molecule has 0 radical (unpaired) electrons. The Bertz CT molecular complexity index is 212. The number of hydrogen-bond acceptors (Lipinski definition) is 2. The zero-order valence-corrected chi connectivity index (χ0v) is 11.8. The number of rotatable bonds is 7. The first kappa shape index (κ1) is 16.7. The van der Waals surface area contributed by atoms with Crippen molar-refractivity contribution in [1.82, 2.24) is 4.90 Å². The van der Waals surface area contributed by atoms with E-state index >= 15 is 0 Å². The second kappa shape index (κ2) is 9.72. The van der Waals surface area contributed by atoms with E-state index in [0.717, 1.165) is 45.2 Å². The van der Waals surface area contributed by atoms with Crippen LogP contribution in [0.25, 0.3) is 0 Å². The lowest BCUT2D eigenvalue weighted by Crippen LogP contribution is -2.34. The molecule has 102 valence electrons. The van der Waals surface area contributed by atoms with Crippen LogP contribution in [0, 0.1) is 0 Å². The van der Waals surface area contributed by atoms with Crippen molar-refractivity contribution in [2.75, 3.05) is 13.1 Å². The van der Waals surface area contributed by atoms with Crippen molar-refractivity contribution in [3.63, 3.8) is 0 Å². The van der Waals surface area contributed by atoms with E-state index < -0.39 is 0 Å². The maximum Gasteiger partial charge on any atom is 0.222 e. The van der Waals surface area contributed by atoms with E-state index in [1.807, 2.05) is 0 Å². The fourth-order valence-electron chi connectivity index (χ4n) is 2.51. The first-order valence-electron chi connectivity index (χ1n) is 6.79. The van der Waals surface area contributed by atoms with Crippen LogP contribution in [0.4, 0.5) is 0 Å². The van der Waals surface area contributed by atoms with E-state index in [1.54, 1.807) is 0 Å². The van der Waals surface area contributed by atoms with Gasteiger partial charge in [0.15, 0.2) is 0 Å². The van der Waals surface area contributed by atoms with Crippen molar-refractivity contribution >= 4 is 18.3 Å². The smallest absolute Gasteiger partial charge is 0.222 e. The van der Waals surface area contributed by atoms with Gasteiger partial charge < -0.3 is 10.6 Å². The molecule has 1 aliphatic rings. The van der Waals surface area contributed by atoms with Gasteiger partial charge in [0.05, 0.1) is 0 Å². The number of nitrogens with zero attached hydrogens (tertiary/aromatic N) is 1. The Morgan fingerprint density at radius 1 is 1.29 bits per heavy atom. The molecule has 0 saturated carbocycles. The van der Waals surface area contributed by atoms with Crippen LogP contribution in [0.3, 0.4) is 0 Å². The van der Waals surface area contributed by atoms with Crippen LogP contribution in [0.1, 0.15) is 58.3 Å². The van der Waals surface area contributed by atoms with Crippen molar-refractivity contribution in [3.8, 4) is 0 Å². The summed E-state index contributed by atoms with van der Waals surface area (Å²) >= 11 is 0. The third-order valence-electron chi connectivity index (χ3n) is 3.51. The van der Waals surface area contributed by atoms with E-state index in [9.17, 15) is 4.79 Å². The normalized spacial score (nSPS) is 19.2. The molecule has 1 heterocycles. The maximum atomic E-state index is 11.9. The van der Waals surface area contributed by atoms with Crippen molar-refractivity contribution in [1.29, 1.82) is 0 Å². The fraction of sp³-hybridized carbons (Fsp3) is 0.923. The monoisotopic (exact) mass is 262 g/mol. The van der Waals surface area contributed by atoms with E-state index in [1.165, 1.54) is 19.3 Å². The number of carbonyl (C=O) groups is 1. The van der Waals surface area contributed by atoms with Gasteiger partial charge in [-0.1, -0.05) is 19.8 Å². The summed E-state index contributed by atoms with van der Waals surface area (Å²) in [6.07, 6.45) is 8.68. The highest BCUT2D eigenvalue weighted by molar-refractivity contribution is 5.85. The number of amides is 1. The van der Waals surface area contributed by atoms with Gasteiger partial charge in [-0.05, 0) is 38.6 Å². The number of hydrogen-bond donors (Lipinski definition) is 1. The molecule has 1 unspecified atom stereocenters. The molecule has 1 atom stereocenters. The molecular weight excluding hydrogens is 236 g/mol. The van der Waals surface area contributed by atoms with Crippen LogP contribution in [0.5, 0.6) is 0 Å². The molecule has 0 aromatic carbocycles. The minimum atomic E-state index is 0. The second-order valence-electron chi connectivity index (χ2n) is 4.74. The van der Waals surface area contributed by atoms with E-state index in [-0.39, 0.29) is 12.4 Å². The summed E-state index contributed by atoms with van der Waals surface area (Å²) < 4.78 is 0. The third-order valence-corrected chi connectivity index (χ3v) is 3.51. The molecule has 0 aromatic rings. The van der Waals surface area contributed by atoms with Crippen LogP contribution in [-0.4, -0.2) is 29.9 Å². The first-order valence-corrected chi connectivity index (χ1v) is 6.79. The van der Waals surface area contributed by atoms with E-state index in [2.05, 4.69) is 11.8 Å². The molecule has 1 saturated heterocycles. The standard InChI is InChI=1S/C13H26N2O.ClH/c1-2-12-8-7-11-15(12)13(16)9-5-3-4-6-10-14;/h12H,2-11,14H2,1H3;1H. The Hall–Kier alpha value is -0.280. The highest BCUT2D eigenvalue weighted by Gasteiger charge is 2.26. The minimum absolute atomic E-state index is 0. The summed E-state index contributed by atoms with van der Waals surface area (Å²) in [4.78, 5) is 14.0. The van der Waals surface area contributed by atoms with Gasteiger partial charge in [0.2, 0.25) is 5.91 Å². The summed E-state index contributed by atoms with van der Waals surface area (Å²) in [5, 5.41) is 0. The SMILES string of the molecule is CCC1CCCN1C(=O)CCCCCCN.Cl. The molecule has 1 amide bonds. The molecule has 1 fully saturated rings. The molecule has 0 spiro atoms. The number of unbranched alkanes of at least 4 members (excludes halogenated alkanes) is 3. The second-order valence-corrected chi connectivity index (χ2v) is 4.74. The molecule has 3 nitrogen and oxygen atoms in total. The van der Waals surface area contributed by atoms with Gasteiger partial charge in [0.25, 0.3) is 0 Å². The molecule has 2 N–H and O–H groups in total. The molecule has 1 aliphatic heterocycles. The fourth-order valence-corrected chi connectivity index (χ4v) is 2.51. The van der Waals surface area contributed by atoms with Crippen molar-refractivity contribution in [2.24, 2.45) is 5.73 Å². The van der Waals surface area contributed by atoms with Gasteiger partial charge in [0.1, 0.15) is 0 Å². The van der Waals surface area contributed by atoms with Crippen LogP contribution in [0.2, 0.25) is 0 Å². The predicted molar refractivity (Wildman–Crippen MR) is 74.4 cm³/mol. The van der Waals surface area contributed by atoms with Gasteiger partial charge in [-0.2, -0.15) is 0 Å². The lowest BCUT2D eigenvalue weighted by atomic mass is 10.1. The van der Waals surface area contributed by atoms with Crippen LogP contribution < -0.4 is 5.73 Å². The van der Waals surface area contributed by atoms with Crippen LogP contribution in [-0.2, 0) is 4.79 Å². The first-order chi connectivity index (χ1) is 7.79. The zero-order chi connectivity index (χ0) is 11.8. The van der Waals surface area contributed by atoms with Gasteiger partial charge in [0, 0.05) is 19.0 Å². The lowest BCUT2D eigenvalue weighted by molar-refractivity contribution is -0.132. The van der Waals surface area contributed by atoms with Gasteiger partial charge >= 0.3 is 0 Å². The van der Waals surface area contributed by atoms with Gasteiger partial charge in [-0.15, -0.1) is 12.4 Å². The Morgan fingerprint density at radius 2 is 2.00 bits per heavy atom. The lowest BCUT2D eigenvalue weighted by Gasteiger charge is -2.23. The van der Waals surface area contributed by atoms with Crippen LogP contribution >= 0.6 is 12.4 Å². The van der Waals surface area contributed by atoms with Crippen molar-refractivity contribution in [2.45, 2.75) is 64.3 Å². The summed E-state index contributed by atoms with van der Waals surface area (Å²) in [5.41, 5.74) is 5.43. The molecule has 0 aromatic heterocycles. The Labute approximate surface area is 112 Å². The topological polar surface area (TPSA) is 46.3 Å². The number of halogens is 1. The summed E-state index contributed by atoms with van der Waals surface area (Å²) in [7, 11) is 0. The Balaban J connectivity index is 0.00000256. The largest absolute Gasteiger partial charge is 0.340 e. The zero-order valence-electron chi connectivity index (χ0n) is 11.0. The minimum Gasteiger partial charge on any atom is -0.340 e. The average Bonchev–Trinajstić information content (AvgIpc) is 2.76. The molecular formula is C13H27ClN2O. The molecule has 4 heteroatoms. The third kappa shape index (κ3) is 5.73. The highest BCUT2D eigenvalue weighted by atomic mass is 35.5. The van der Waals surface area contributed by atoms with Gasteiger partial charge in [-0.3, -0.25) is 4.79 Å². The Kier molecular flexibility index (Phi) is 9.56. The van der Waals surface area contributed by atoms with E-state index in [4.69, 9.17) is 5.73 Å².